The van der Waals surface area contributed by atoms with E-state index in [0.29, 0.717) is 15.7 Å². The third-order valence-corrected chi connectivity index (χ3v) is 4.32. The van der Waals surface area contributed by atoms with Crippen molar-refractivity contribution in [3.63, 3.8) is 0 Å². The van der Waals surface area contributed by atoms with Crippen molar-refractivity contribution >= 4 is 34.8 Å². The van der Waals surface area contributed by atoms with Crippen LogP contribution in [0, 0.1) is 5.82 Å². The third kappa shape index (κ3) is 2.76. The topological polar surface area (TPSA) is 29.1 Å². The van der Waals surface area contributed by atoms with E-state index >= 15 is 0 Å². The molecule has 3 rings (SSSR count). The van der Waals surface area contributed by atoms with Gasteiger partial charge in [-0.2, -0.15) is 0 Å². The predicted molar refractivity (Wildman–Crippen MR) is 82.4 cm³/mol. The molecule has 2 aromatic carbocycles. The van der Waals surface area contributed by atoms with E-state index in [1.165, 1.54) is 12.1 Å². The number of rotatable bonds is 3. The number of hydrogen-bond donors (Lipinski definition) is 1. The van der Waals surface area contributed by atoms with E-state index in [1.807, 2.05) is 0 Å². The molecule has 108 valence electrons. The maximum atomic E-state index is 13.0. The molecule has 1 N–H and O–H groups in total. The monoisotopic (exact) mass is 323 g/mol. The fourth-order valence-electron chi connectivity index (χ4n) is 2.38. The van der Waals surface area contributed by atoms with Gasteiger partial charge in [0, 0.05) is 5.02 Å². The molecule has 0 radical (unpaired) electrons. The first kappa shape index (κ1) is 14.4. The Morgan fingerprint density at radius 2 is 1.76 bits per heavy atom. The number of benzene rings is 2. The highest BCUT2D eigenvalue weighted by atomic mass is 35.5. The quantitative estimate of drug-likeness (QED) is 0.863. The molecule has 1 saturated carbocycles. The minimum absolute atomic E-state index is 0.140. The van der Waals surface area contributed by atoms with Gasteiger partial charge in [0.2, 0.25) is 5.91 Å². The summed E-state index contributed by atoms with van der Waals surface area (Å²) >= 11 is 12.0. The molecule has 0 aromatic heterocycles. The van der Waals surface area contributed by atoms with Crippen LogP contribution in [0.15, 0.2) is 42.5 Å². The van der Waals surface area contributed by atoms with Gasteiger partial charge in [-0.15, -0.1) is 0 Å². The molecule has 1 aliphatic rings. The van der Waals surface area contributed by atoms with E-state index < -0.39 is 5.41 Å². The first-order valence-corrected chi connectivity index (χ1v) is 7.29. The summed E-state index contributed by atoms with van der Waals surface area (Å²) in [6, 6.07) is 11.0. The van der Waals surface area contributed by atoms with E-state index in [9.17, 15) is 9.18 Å². The van der Waals surface area contributed by atoms with E-state index in [0.717, 1.165) is 18.4 Å². The van der Waals surface area contributed by atoms with E-state index in [-0.39, 0.29) is 11.7 Å². The van der Waals surface area contributed by atoms with Crippen LogP contribution in [0.1, 0.15) is 18.4 Å². The average molecular weight is 324 g/mol. The lowest BCUT2D eigenvalue weighted by atomic mass is 9.95. The van der Waals surface area contributed by atoms with Crippen LogP contribution in [-0.2, 0) is 10.2 Å². The zero-order valence-electron chi connectivity index (χ0n) is 11.0. The smallest absolute Gasteiger partial charge is 0.235 e. The largest absolute Gasteiger partial charge is 0.324 e. The predicted octanol–water partition coefficient (Wildman–Crippen LogP) is 4.80. The van der Waals surface area contributed by atoms with Gasteiger partial charge in [-0.3, -0.25) is 4.79 Å². The average Bonchev–Trinajstić information content (AvgIpc) is 3.25. The molecule has 1 amide bonds. The summed E-state index contributed by atoms with van der Waals surface area (Å²) in [6.07, 6.45) is 1.48. The Balaban J connectivity index is 1.85. The van der Waals surface area contributed by atoms with Crippen LogP contribution in [-0.4, -0.2) is 5.91 Å². The Hall–Kier alpha value is -1.58. The second kappa shape index (κ2) is 5.32. The van der Waals surface area contributed by atoms with Gasteiger partial charge in [-0.25, -0.2) is 4.39 Å². The highest BCUT2D eigenvalue weighted by Gasteiger charge is 2.51. The zero-order chi connectivity index (χ0) is 15.0. The fraction of sp³-hybridized carbons (Fsp3) is 0.188. The van der Waals surface area contributed by atoms with Crippen molar-refractivity contribution < 1.29 is 9.18 Å². The van der Waals surface area contributed by atoms with E-state index in [2.05, 4.69) is 5.32 Å². The highest BCUT2D eigenvalue weighted by molar-refractivity contribution is 6.35. The van der Waals surface area contributed by atoms with Crippen LogP contribution in [0.3, 0.4) is 0 Å². The summed E-state index contributed by atoms with van der Waals surface area (Å²) < 4.78 is 13.0. The van der Waals surface area contributed by atoms with Gasteiger partial charge in [0.15, 0.2) is 0 Å². The van der Waals surface area contributed by atoms with Gasteiger partial charge >= 0.3 is 0 Å². The number of amides is 1. The summed E-state index contributed by atoms with van der Waals surface area (Å²) in [6.45, 7) is 0. The SMILES string of the molecule is O=C(Nc1cc(Cl)ccc1Cl)C1(c2ccc(F)cc2)CC1. The fourth-order valence-corrected chi connectivity index (χ4v) is 2.71. The van der Waals surface area contributed by atoms with Gasteiger partial charge in [-0.1, -0.05) is 35.3 Å². The number of nitrogens with one attached hydrogen (secondary N) is 1. The molecular weight excluding hydrogens is 312 g/mol. The molecule has 0 bridgehead atoms. The van der Waals surface area contributed by atoms with Crippen molar-refractivity contribution in [3.05, 3.63) is 63.9 Å². The molecule has 5 heteroatoms. The number of anilines is 1. The number of carbonyl (C=O) groups is 1. The Kier molecular flexibility index (Phi) is 3.64. The van der Waals surface area contributed by atoms with Crippen molar-refractivity contribution in [2.75, 3.05) is 5.32 Å². The summed E-state index contributed by atoms with van der Waals surface area (Å²) in [4.78, 5) is 12.5. The molecule has 0 unspecified atom stereocenters. The Bertz CT molecular complexity index is 696. The van der Waals surface area contributed by atoms with Gasteiger partial charge < -0.3 is 5.32 Å². The lowest BCUT2D eigenvalue weighted by Crippen LogP contribution is -2.27. The standard InChI is InChI=1S/C16H12Cl2FNO/c17-11-3-6-13(18)14(9-11)20-15(21)16(7-8-16)10-1-4-12(19)5-2-10/h1-6,9H,7-8H2,(H,20,21). The molecular formula is C16H12Cl2FNO. The minimum Gasteiger partial charge on any atom is -0.324 e. The van der Waals surface area contributed by atoms with Crippen LogP contribution >= 0.6 is 23.2 Å². The molecule has 2 nitrogen and oxygen atoms in total. The molecule has 0 saturated heterocycles. The van der Waals surface area contributed by atoms with Crippen LogP contribution in [0.2, 0.25) is 10.0 Å². The Morgan fingerprint density at radius 3 is 2.38 bits per heavy atom. The van der Waals surface area contributed by atoms with Crippen molar-refractivity contribution in [3.8, 4) is 0 Å². The van der Waals surface area contributed by atoms with Crippen molar-refractivity contribution in [2.45, 2.75) is 18.3 Å². The molecule has 0 spiro atoms. The van der Waals surface area contributed by atoms with Crippen molar-refractivity contribution in [1.82, 2.24) is 0 Å². The van der Waals surface area contributed by atoms with Crippen LogP contribution in [0.4, 0.5) is 10.1 Å². The van der Waals surface area contributed by atoms with Gasteiger partial charge in [0.25, 0.3) is 0 Å². The summed E-state index contributed by atoms with van der Waals surface area (Å²) in [5, 5.41) is 3.75. The third-order valence-electron chi connectivity index (χ3n) is 3.76. The highest BCUT2D eigenvalue weighted by Crippen LogP contribution is 2.49. The van der Waals surface area contributed by atoms with Gasteiger partial charge in [0.05, 0.1) is 16.1 Å². The molecule has 0 atom stereocenters. The number of hydrogen-bond acceptors (Lipinski definition) is 1. The first-order chi connectivity index (χ1) is 10.0. The lowest BCUT2D eigenvalue weighted by molar-refractivity contribution is -0.118. The maximum Gasteiger partial charge on any atom is 0.235 e. The molecule has 21 heavy (non-hydrogen) atoms. The van der Waals surface area contributed by atoms with Crippen LogP contribution < -0.4 is 5.32 Å². The lowest BCUT2D eigenvalue weighted by Gasteiger charge is -2.16. The molecule has 0 aliphatic heterocycles. The van der Waals surface area contributed by atoms with Gasteiger partial charge in [-0.05, 0) is 48.7 Å². The first-order valence-electron chi connectivity index (χ1n) is 6.54. The normalized spacial score (nSPS) is 15.6. The number of carbonyl (C=O) groups excluding carboxylic acids is 1. The van der Waals surface area contributed by atoms with E-state index in [1.54, 1.807) is 30.3 Å². The van der Waals surface area contributed by atoms with E-state index in [4.69, 9.17) is 23.2 Å². The Morgan fingerprint density at radius 1 is 1.10 bits per heavy atom. The van der Waals surface area contributed by atoms with Crippen molar-refractivity contribution in [2.24, 2.45) is 0 Å². The molecule has 1 fully saturated rings. The second-order valence-corrected chi connectivity index (χ2v) is 6.01. The summed E-state index contributed by atoms with van der Waals surface area (Å²) in [5.41, 5.74) is 0.724. The summed E-state index contributed by atoms with van der Waals surface area (Å²) in [5.74, 6) is -0.453. The maximum absolute atomic E-state index is 13.0. The molecule has 1 aliphatic carbocycles. The van der Waals surface area contributed by atoms with Crippen molar-refractivity contribution in [1.29, 1.82) is 0 Å². The van der Waals surface area contributed by atoms with Crippen LogP contribution in [0.5, 0.6) is 0 Å². The summed E-state index contributed by atoms with van der Waals surface area (Å²) in [7, 11) is 0. The molecule has 2 aromatic rings. The second-order valence-electron chi connectivity index (χ2n) is 5.17. The van der Waals surface area contributed by atoms with Crippen LogP contribution in [0.25, 0.3) is 0 Å². The minimum atomic E-state index is -0.584. The Labute approximate surface area is 131 Å². The molecule has 0 heterocycles. The zero-order valence-corrected chi connectivity index (χ0v) is 12.5. The number of halogens is 3. The van der Waals surface area contributed by atoms with Gasteiger partial charge in [0.1, 0.15) is 5.82 Å².